The van der Waals surface area contributed by atoms with E-state index in [2.05, 4.69) is 40.2 Å². The lowest BCUT2D eigenvalue weighted by atomic mass is 9.93. The molecule has 0 bridgehead atoms. The minimum Gasteiger partial charge on any atom is -0.351 e. The van der Waals surface area contributed by atoms with Gasteiger partial charge in [-0.2, -0.15) is 0 Å². The van der Waals surface area contributed by atoms with Gasteiger partial charge in [-0.1, -0.05) is 83.9 Å². The van der Waals surface area contributed by atoms with E-state index in [1.165, 1.54) is 0 Å². The van der Waals surface area contributed by atoms with E-state index in [-0.39, 0.29) is 17.9 Å². The van der Waals surface area contributed by atoms with Crippen LogP contribution in [0.3, 0.4) is 0 Å². The summed E-state index contributed by atoms with van der Waals surface area (Å²) in [6.07, 6.45) is 3.54. The van der Waals surface area contributed by atoms with Gasteiger partial charge in [0.15, 0.2) is 0 Å². The van der Waals surface area contributed by atoms with Gasteiger partial charge in [-0.15, -0.1) is 0 Å². The number of nitrogens with one attached hydrogen (secondary N) is 3. The monoisotopic (exact) mass is 535 g/mol. The van der Waals surface area contributed by atoms with Gasteiger partial charge in [0.05, 0.1) is 5.41 Å². The molecule has 1 atom stereocenters. The summed E-state index contributed by atoms with van der Waals surface area (Å²) in [6.45, 7) is 1.75. The van der Waals surface area contributed by atoms with Crippen molar-refractivity contribution in [3.8, 4) is 11.1 Å². The third kappa shape index (κ3) is 6.01. The smallest absolute Gasteiger partial charge is 0.243 e. The molecule has 192 valence electrons. The molecule has 1 saturated heterocycles. The molecule has 1 aliphatic heterocycles. The molecule has 7 heteroatoms. The van der Waals surface area contributed by atoms with Crippen LogP contribution in [0.25, 0.3) is 11.1 Å². The van der Waals surface area contributed by atoms with E-state index < -0.39 is 11.5 Å². The van der Waals surface area contributed by atoms with Crippen LogP contribution in [0.1, 0.15) is 36.8 Å². The Bertz CT molecular complexity index is 1250. The van der Waals surface area contributed by atoms with E-state index in [9.17, 15) is 9.59 Å². The quantitative estimate of drug-likeness (QED) is 0.367. The predicted octanol–water partition coefficient (Wildman–Crippen LogP) is 5.29. The normalized spacial score (nSPS) is 17.6. The summed E-state index contributed by atoms with van der Waals surface area (Å²) in [5, 5.41) is 10.6. The average Bonchev–Trinajstić information content (AvgIpc) is 3.72. The first kappa shape index (κ1) is 25.8. The number of halogens is 2. The SMILES string of the molecule is O=C(NC1CCNCC1)[C@H](Cc1ccc(-c2ccccc2)cc1)NC(=O)C1(c2ccc(Cl)cc2Cl)CC1. The summed E-state index contributed by atoms with van der Waals surface area (Å²) in [5.41, 5.74) is 3.28. The van der Waals surface area contributed by atoms with Gasteiger partial charge in [-0.25, -0.2) is 0 Å². The first-order chi connectivity index (χ1) is 17.9. The predicted molar refractivity (Wildman–Crippen MR) is 149 cm³/mol. The fourth-order valence-corrected chi connectivity index (χ4v) is 5.68. The van der Waals surface area contributed by atoms with Crippen LogP contribution < -0.4 is 16.0 Å². The number of benzene rings is 3. The molecule has 1 aliphatic carbocycles. The van der Waals surface area contributed by atoms with Gasteiger partial charge in [0, 0.05) is 22.5 Å². The van der Waals surface area contributed by atoms with Crippen molar-refractivity contribution < 1.29 is 9.59 Å². The lowest BCUT2D eigenvalue weighted by molar-refractivity contribution is -0.130. The third-order valence-electron chi connectivity index (χ3n) is 7.44. The van der Waals surface area contributed by atoms with Crippen molar-refractivity contribution in [2.45, 2.75) is 49.6 Å². The van der Waals surface area contributed by atoms with E-state index in [4.69, 9.17) is 23.2 Å². The molecular weight excluding hydrogens is 505 g/mol. The minimum atomic E-state index is -0.716. The van der Waals surface area contributed by atoms with Crippen LogP contribution >= 0.6 is 23.2 Å². The Balaban J connectivity index is 1.35. The molecule has 0 unspecified atom stereocenters. The van der Waals surface area contributed by atoms with Crippen molar-refractivity contribution in [2.24, 2.45) is 0 Å². The second kappa shape index (κ2) is 11.3. The molecule has 5 rings (SSSR count). The average molecular weight is 537 g/mol. The number of carbonyl (C=O) groups excluding carboxylic acids is 2. The van der Waals surface area contributed by atoms with Crippen LogP contribution in [-0.4, -0.2) is 37.0 Å². The largest absolute Gasteiger partial charge is 0.351 e. The van der Waals surface area contributed by atoms with Crippen LogP contribution in [0.15, 0.2) is 72.8 Å². The Morgan fingerprint density at radius 1 is 0.919 bits per heavy atom. The Labute approximate surface area is 227 Å². The van der Waals surface area contributed by atoms with Crippen LogP contribution in [-0.2, 0) is 21.4 Å². The van der Waals surface area contributed by atoms with Gasteiger partial charge in [0.2, 0.25) is 11.8 Å². The van der Waals surface area contributed by atoms with Gasteiger partial charge in [0.25, 0.3) is 0 Å². The molecule has 2 aliphatic rings. The zero-order chi connectivity index (χ0) is 25.8. The lowest BCUT2D eigenvalue weighted by Gasteiger charge is -2.28. The molecule has 37 heavy (non-hydrogen) atoms. The molecule has 3 aromatic carbocycles. The first-order valence-electron chi connectivity index (χ1n) is 12.9. The molecule has 2 fully saturated rings. The summed E-state index contributed by atoms with van der Waals surface area (Å²) in [5.74, 6) is -0.312. The summed E-state index contributed by atoms with van der Waals surface area (Å²) in [4.78, 5) is 27.1. The van der Waals surface area contributed by atoms with Crippen molar-refractivity contribution in [3.05, 3.63) is 94.0 Å². The molecule has 0 radical (unpaired) electrons. The maximum Gasteiger partial charge on any atom is 0.243 e. The Kier molecular flexibility index (Phi) is 7.84. The zero-order valence-electron chi connectivity index (χ0n) is 20.6. The van der Waals surface area contributed by atoms with E-state index in [1.54, 1.807) is 12.1 Å². The number of hydrogen-bond donors (Lipinski definition) is 3. The number of hydrogen-bond acceptors (Lipinski definition) is 3. The molecule has 5 nitrogen and oxygen atoms in total. The Morgan fingerprint density at radius 2 is 1.59 bits per heavy atom. The van der Waals surface area contributed by atoms with Crippen LogP contribution in [0.2, 0.25) is 10.0 Å². The molecule has 3 aromatic rings. The highest BCUT2D eigenvalue weighted by molar-refractivity contribution is 6.35. The van der Waals surface area contributed by atoms with Crippen LogP contribution in [0.5, 0.6) is 0 Å². The second-order valence-corrected chi connectivity index (χ2v) is 10.9. The van der Waals surface area contributed by atoms with Crippen LogP contribution in [0.4, 0.5) is 0 Å². The summed E-state index contributed by atoms with van der Waals surface area (Å²) in [6, 6.07) is 23.0. The standard InChI is InChI=1S/C30H31Cl2N3O2/c31-23-10-11-25(26(32)19-23)30(14-15-30)29(37)35-27(28(36)34-24-12-16-33-17-13-24)18-20-6-8-22(9-7-20)21-4-2-1-3-5-21/h1-11,19,24,27,33H,12-18H2,(H,34,36)(H,35,37)/t27-/m0/s1. The molecule has 0 aromatic heterocycles. The van der Waals surface area contributed by atoms with E-state index >= 15 is 0 Å². The fourth-order valence-electron chi connectivity index (χ4n) is 5.09. The number of carbonyl (C=O) groups is 2. The van der Waals surface area contributed by atoms with Crippen LogP contribution in [0, 0.1) is 0 Å². The third-order valence-corrected chi connectivity index (χ3v) is 7.99. The topological polar surface area (TPSA) is 70.2 Å². The fraction of sp³-hybridized carbons (Fsp3) is 0.333. The molecule has 3 N–H and O–H groups in total. The van der Waals surface area contributed by atoms with E-state index in [1.807, 2.05) is 36.4 Å². The van der Waals surface area contributed by atoms with E-state index in [0.29, 0.717) is 29.3 Å². The highest BCUT2D eigenvalue weighted by Crippen LogP contribution is 2.51. The van der Waals surface area contributed by atoms with Gasteiger partial charge >= 0.3 is 0 Å². The van der Waals surface area contributed by atoms with E-state index in [0.717, 1.165) is 48.2 Å². The van der Waals surface area contributed by atoms with Gasteiger partial charge in [0.1, 0.15) is 6.04 Å². The van der Waals surface area contributed by atoms with Crippen molar-refractivity contribution >= 4 is 35.0 Å². The molecule has 0 spiro atoms. The second-order valence-electron chi connectivity index (χ2n) is 10.0. The summed E-state index contributed by atoms with van der Waals surface area (Å²) >= 11 is 12.6. The maximum atomic E-state index is 13.6. The van der Waals surface area contributed by atoms with Crippen molar-refractivity contribution in [3.63, 3.8) is 0 Å². The molecular formula is C30H31Cl2N3O2. The zero-order valence-corrected chi connectivity index (χ0v) is 22.1. The highest BCUT2D eigenvalue weighted by atomic mass is 35.5. The van der Waals surface area contributed by atoms with Gasteiger partial charge in [-0.05, 0) is 73.2 Å². The van der Waals surface area contributed by atoms with Crippen molar-refractivity contribution in [1.29, 1.82) is 0 Å². The first-order valence-corrected chi connectivity index (χ1v) is 13.6. The molecule has 1 heterocycles. The highest BCUT2D eigenvalue weighted by Gasteiger charge is 2.53. The van der Waals surface area contributed by atoms with Gasteiger partial charge < -0.3 is 16.0 Å². The number of piperidine rings is 1. The summed E-state index contributed by atoms with van der Waals surface area (Å²) in [7, 11) is 0. The minimum absolute atomic E-state index is 0.106. The Morgan fingerprint density at radius 3 is 2.24 bits per heavy atom. The Hall–Kier alpha value is -2.86. The molecule has 2 amide bonds. The number of amides is 2. The lowest BCUT2D eigenvalue weighted by Crippen LogP contribution is -2.54. The molecule has 1 saturated carbocycles. The van der Waals surface area contributed by atoms with Crippen molar-refractivity contribution in [1.82, 2.24) is 16.0 Å². The maximum absolute atomic E-state index is 13.6. The summed E-state index contributed by atoms with van der Waals surface area (Å²) < 4.78 is 0. The van der Waals surface area contributed by atoms with Crippen molar-refractivity contribution in [2.75, 3.05) is 13.1 Å². The van der Waals surface area contributed by atoms with Gasteiger partial charge in [-0.3, -0.25) is 9.59 Å². The number of rotatable bonds is 8.